The third kappa shape index (κ3) is 8.04. The molecule has 4 aromatic carbocycles. The van der Waals surface area contributed by atoms with Gasteiger partial charge >= 0.3 is 0 Å². The molecule has 2 atom stereocenters. The molecule has 8 rings (SSSR count). The van der Waals surface area contributed by atoms with Crippen LogP contribution in [0.25, 0.3) is 23.3 Å². The molecule has 2 unspecified atom stereocenters. The van der Waals surface area contributed by atoms with Gasteiger partial charge in [-0.25, -0.2) is 0 Å². The normalized spacial score (nSPS) is 21.2. The van der Waals surface area contributed by atoms with Crippen molar-refractivity contribution in [2.24, 2.45) is 11.8 Å². The molecule has 2 aliphatic heterocycles. The maximum atomic E-state index is 11.6. The van der Waals surface area contributed by atoms with E-state index in [0.29, 0.717) is 23.7 Å². The van der Waals surface area contributed by atoms with Crippen LogP contribution in [0.15, 0.2) is 97.1 Å². The lowest BCUT2D eigenvalue weighted by molar-refractivity contribution is 0.207. The maximum absolute atomic E-state index is 11.6. The van der Waals surface area contributed by atoms with Gasteiger partial charge in [-0.05, 0) is 146 Å². The van der Waals surface area contributed by atoms with Crippen LogP contribution in [0.1, 0.15) is 82.0 Å². The predicted octanol–water partition coefficient (Wildman–Crippen LogP) is 8.00. The summed E-state index contributed by atoms with van der Waals surface area (Å²) in [7, 11) is 0.905. The molecule has 52 heavy (non-hydrogen) atoms. The molecule has 2 aliphatic carbocycles. The van der Waals surface area contributed by atoms with E-state index >= 15 is 0 Å². The predicted molar refractivity (Wildman–Crippen MR) is 214 cm³/mol. The fourth-order valence-electron chi connectivity index (χ4n) is 9.00. The highest BCUT2D eigenvalue weighted by Gasteiger charge is 2.34. The third-order valence-corrected chi connectivity index (χ3v) is 12.2. The maximum Gasteiger partial charge on any atom is 0.264 e. The van der Waals surface area contributed by atoms with Gasteiger partial charge in [0.05, 0.1) is 19.5 Å². The van der Waals surface area contributed by atoms with Crippen molar-refractivity contribution in [2.75, 3.05) is 59.7 Å². The van der Waals surface area contributed by atoms with Crippen molar-refractivity contribution < 1.29 is 17.7 Å². The Morgan fingerprint density at radius 3 is 1.42 bits per heavy atom. The number of nitrogens with zero attached hydrogens (tertiary/aromatic N) is 2. The largest absolute Gasteiger partial charge is 0.392 e. The second-order valence-electron chi connectivity index (χ2n) is 15.1. The molecule has 272 valence electrons. The summed E-state index contributed by atoms with van der Waals surface area (Å²) < 4.78 is 28.4. The second-order valence-corrected chi connectivity index (χ2v) is 16.8. The molecule has 6 nitrogen and oxygen atoms in total. The van der Waals surface area contributed by atoms with Crippen LogP contribution in [0.5, 0.6) is 0 Å². The number of aliphatic hydroxyl groups excluding tert-OH is 1. The Morgan fingerprint density at radius 2 is 0.981 bits per heavy atom. The Balaban J connectivity index is 0.000000164. The molecular weight excluding hydrogens is 665 g/mol. The highest BCUT2D eigenvalue weighted by atomic mass is 32.2. The van der Waals surface area contributed by atoms with Crippen LogP contribution in [0.4, 0.5) is 0 Å². The zero-order chi connectivity index (χ0) is 36.2. The van der Waals surface area contributed by atoms with E-state index in [1.807, 2.05) is 12.1 Å². The second kappa shape index (κ2) is 16.0. The van der Waals surface area contributed by atoms with Gasteiger partial charge in [-0.3, -0.25) is 4.18 Å². The van der Waals surface area contributed by atoms with E-state index < -0.39 is 10.1 Å². The molecule has 0 radical (unpaired) electrons. The molecule has 2 saturated heterocycles. The molecule has 0 saturated carbocycles. The standard InChI is InChI=1S/C23H27NO3S.C22H25NO/c1-24-13-11-17(12-14-24)23-21-9-4-3-7-18(21)15-19(16-27-28(2,25)26)20-8-5-6-10-22(20)23;1-23-12-10-16(11-13-23)22-20-8-3-2-6-17(20)14-18(15-24)19-7-4-5-9-21(19)22/h3-10,15,17,23H,11-14,16H2,1-2H3;2-9,14,16,22,24H,10-13,15H2,1H3. The third-order valence-electron chi connectivity index (χ3n) is 11.7. The van der Waals surface area contributed by atoms with Crippen molar-refractivity contribution in [3.8, 4) is 0 Å². The molecule has 7 heteroatoms. The number of rotatable bonds is 6. The van der Waals surface area contributed by atoms with Crippen molar-refractivity contribution in [1.82, 2.24) is 9.80 Å². The van der Waals surface area contributed by atoms with Gasteiger partial charge in [-0.2, -0.15) is 8.42 Å². The Labute approximate surface area is 310 Å². The smallest absolute Gasteiger partial charge is 0.264 e. The van der Waals surface area contributed by atoms with Crippen LogP contribution in [-0.2, 0) is 14.3 Å². The summed E-state index contributed by atoms with van der Waals surface area (Å²) in [6.07, 6.45) is 10.2. The number of hydrogen-bond donors (Lipinski definition) is 1. The van der Waals surface area contributed by atoms with Crippen molar-refractivity contribution >= 4 is 33.4 Å². The molecule has 0 spiro atoms. The van der Waals surface area contributed by atoms with Gasteiger partial charge in [-0.1, -0.05) is 97.1 Å². The first-order valence-corrected chi connectivity index (χ1v) is 20.6. The number of aliphatic hydroxyl groups is 1. The minimum absolute atomic E-state index is 0.0598. The first-order valence-electron chi connectivity index (χ1n) is 18.8. The summed E-state index contributed by atoms with van der Waals surface area (Å²) in [5, 5.41) is 9.94. The van der Waals surface area contributed by atoms with Gasteiger partial charge in [0.25, 0.3) is 10.1 Å². The Morgan fingerprint density at radius 1 is 0.596 bits per heavy atom. The quantitative estimate of drug-likeness (QED) is 0.204. The van der Waals surface area contributed by atoms with Gasteiger partial charge in [-0.15, -0.1) is 0 Å². The first-order chi connectivity index (χ1) is 25.2. The summed E-state index contributed by atoms with van der Waals surface area (Å²) in [6.45, 7) is 4.72. The average molecular weight is 717 g/mol. The van der Waals surface area contributed by atoms with Crippen molar-refractivity contribution in [3.05, 3.63) is 142 Å². The van der Waals surface area contributed by atoms with Crippen molar-refractivity contribution in [1.29, 1.82) is 0 Å². The number of benzene rings is 4. The highest BCUT2D eigenvalue weighted by Crippen LogP contribution is 2.46. The minimum Gasteiger partial charge on any atom is -0.392 e. The van der Waals surface area contributed by atoms with E-state index in [4.69, 9.17) is 4.18 Å². The Bertz CT molecular complexity index is 2040. The van der Waals surface area contributed by atoms with Crippen LogP contribution in [-0.4, -0.2) is 83.1 Å². The lowest BCUT2D eigenvalue weighted by atomic mass is 9.74. The fraction of sp³-hybridized carbons (Fsp3) is 0.378. The van der Waals surface area contributed by atoms with E-state index in [-0.39, 0.29) is 13.2 Å². The molecular formula is C45H52N2O4S. The summed E-state index contributed by atoms with van der Waals surface area (Å²) >= 11 is 0. The van der Waals surface area contributed by atoms with E-state index in [0.717, 1.165) is 41.6 Å². The van der Waals surface area contributed by atoms with Crippen LogP contribution in [0, 0.1) is 11.8 Å². The van der Waals surface area contributed by atoms with Crippen LogP contribution >= 0.6 is 0 Å². The summed E-state index contributed by atoms with van der Waals surface area (Å²) in [4.78, 5) is 4.83. The number of fused-ring (bicyclic) bond motifs is 4. The van der Waals surface area contributed by atoms with Gasteiger partial charge in [0.15, 0.2) is 0 Å². The molecule has 2 fully saturated rings. The lowest BCUT2D eigenvalue weighted by Crippen LogP contribution is -2.33. The van der Waals surface area contributed by atoms with Crippen LogP contribution in [0.3, 0.4) is 0 Å². The Hall–Kier alpha value is -3.85. The fourth-order valence-corrected chi connectivity index (χ4v) is 9.34. The van der Waals surface area contributed by atoms with Crippen LogP contribution < -0.4 is 0 Å². The molecule has 0 bridgehead atoms. The SMILES string of the molecule is CN1CCC(C2c3ccccc3C=C(CO)c3ccccc32)CC1.CN1CCC(C2c3ccccc3C=C(COS(C)(=O)=O)c3ccccc32)CC1. The average Bonchev–Trinajstić information content (AvgIpc) is 3.39. The lowest BCUT2D eigenvalue weighted by Gasteiger charge is -2.35. The van der Waals surface area contributed by atoms with Crippen molar-refractivity contribution in [3.63, 3.8) is 0 Å². The number of hydrogen-bond acceptors (Lipinski definition) is 6. The molecule has 2 heterocycles. The van der Waals surface area contributed by atoms with E-state index in [1.54, 1.807) is 0 Å². The van der Waals surface area contributed by atoms with Gasteiger partial charge < -0.3 is 14.9 Å². The van der Waals surface area contributed by atoms with E-state index in [2.05, 4.69) is 121 Å². The molecule has 0 aromatic heterocycles. The summed E-state index contributed by atoms with van der Waals surface area (Å²) in [6, 6.07) is 34.3. The van der Waals surface area contributed by atoms with E-state index in [1.165, 1.54) is 72.2 Å². The molecule has 0 amide bonds. The van der Waals surface area contributed by atoms with E-state index in [9.17, 15) is 13.5 Å². The number of likely N-dealkylation sites (tertiary alicyclic amines) is 2. The van der Waals surface area contributed by atoms with Gasteiger partial charge in [0, 0.05) is 11.8 Å². The van der Waals surface area contributed by atoms with Crippen LogP contribution in [0.2, 0.25) is 0 Å². The zero-order valence-electron chi connectivity index (χ0n) is 30.7. The topological polar surface area (TPSA) is 70.1 Å². The van der Waals surface area contributed by atoms with Gasteiger partial charge in [0.2, 0.25) is 0 Å². The highest BCUT2D eigenvalue weighted by molar-refractivity contribution is 7.86. The van der Waals surface area contributed by atoms with Crippen molar-refractivity contribution in [2.45, 2.75) is 37.5 Å². The minimum atomic E-state index is -3.50. The first kappa shape index (κ1) is 36.5. The molecule has 4 aliphatic rings. The van der Waals surface area contributed by atoms with Gasteiger partial charge in [0.1, 0.15) is 0 Å². The monoisotopic (exact) mass is 716 g/mol. The molecule has 4 aromatic rings. The number of piperidine rings is 2. The summed E-state index contributed by atoms with van der Waals surface area (Å²) in [5.41, 5.74) is 12.1. The summed E-state index contributed by atoms with van der Waals surface area (Å²) in [5.74, 6) is 1.97. The Kier molecular flexibility index (Phi) is 11.3. The zero-order valence-corrected chi connectivity index (χ0v) is 31.6. The molecule has 1 N–H and O–H groups in total.